The molecular formula is C18H18N4O5S. The summed E-state index contributed by atoms with van der Waals surface area (Å²) in [6.45, 7) is 1.50. The van der Waals surface area contributed by atoms with Crippen LogP contribution >= 0.6 is 11.8 Å². The van der Waals surface area contributed by atoms with Gasteiger partial charge in [0.15, 0.2) is 11.5 Å². The van der Waals surface area contributed by atoms with E-state index >= 15 is 0 Å². The lowest BCUT2D eigenvalue weighted by molar-refractivity contribution is -0.136. The van der Waals surface area contributed by atoms with Gasteiger partial charge in [0.1, 0.15) is 21.4 Å². The van der Waals surface area contributed by atoms with Crippen molar-refractivity contribution < 1.29 is 14.6 Å². The summed E-state index contributed by atoms with van der Waals surface area (Å²) in [5, 5.41) is 8.74. The zero-order valence-corrected chi connectivity index (χ0v) is 16.5. The van der Waals surface area contributed by atoms with Crippen molar-refractivity contribution in [1.29, 1.82) is 0 Å². The summed E-state index contributed by atoms with van der Waals surface area (Å²) in [6, 6.07) is 6.96. The lowest BCUT2D eigenvalue weighted by Crippen LogP contribution is -2.37. The first-order valence-corrected chi connectivity index (χ1v) is 9.14. The molecule has 2 aromatic heterocycles. The van der Waals surface area contributed by atoms with Crippen LogP contribution in [0.3, 0.4) is 0 Å². The van der Waals surface area contributed by atoms with Crippen LogP contribution in [0.4, 0.5) is 0 Å². The number of benzene rings is 1. The predicted octanol–water partition coefficient (Wildman–Crippen LogP) is 1.27. The number of thioether (sulfide) groups is 1. The fourth-order valence-electron chi connectivity index (χ4n) is 2.60. The van der Waals surface area contributed by atoms with Gasteiger partial charge in [-0.25, -0.2) is 14.8 Å². The highest BCUT2D eigenvalue weighted by molar-refractivity contribution is 8.00. The molecule has 146 valence electrons. The first kappa shape index (κ1) is 19.6. The molecule has 1 aromatic carbocycles. The van der Waals surface area contributed by atoms with Crippen LogP contribution in [0.15, 0.2) is 38.9 Å². The Hall–Kier alpha value is -3.14. The quantitative estimate of drug-likeness (QED) is 0.501. The van der Waals surface area contributed by atoms with Gasteiger partial charge < -0.3 is 9.84 Å². The van der Waals surface area contributed by atoms with E-state index in [1.807, 2.05) is 0 Å². The van der Waals surface area contributed by atoms with Crippen molar-refractivity contribution >= 4 is 28.8 Å². The molecule has 0 amide bonds. The van der Waals surface area contributed by atoms with Gasteiger partial charge in [0.05, 0.1) is 7.11 Å². The first-order chi connectivity index (χ1) is 13.2. The summed E-state index contributed by atoms with van der Waals surface area (Å²) in [6.07, 6.45) is 0. The van der Waals surface area contributed by atoms with Gasteiger partial charge in [0.2, 0.25) is 0 Å². The number of rotatable bonds is 5. The Morgan fingerprint density at radius 1 is 1.14 bits per heavy atom. The number of carboxylic acid groups (broad SMARTS) is 1. The minimum absolute atomic E-state index is 0.111. The standard InChI is InChI=1S/C18H18N4O5S/c1-9(17(24)25)28-15-12-14(21(2)18(26)22(3)16(12)23)19-13(20-15)10-5-7-11(27-4)8-6-10/h5-9H,1-4H3,(H,24,25)/t9-/m0/s1. The van der Waals surface area contributed by atoms with E-state index in [2.05, 4.69) is 9.97 Å². The van der Waals surface area contributed by atoms with E-state index in [-0.39, 0.29) is 21.9 Å². The molecule has 0 radical (unpaired) electrons. The van der Waals surface area contributed by atoms with Crippen LogP contribution in [0.2, 0.25) is 0 Å². The van der Waals surface area contributed by atoms with Gasteiger partial charge in [0, 0.05) is 19.7 Å². The SMILES string of the molecule is COc1ccc(-c2nc(S[C@@H](C)C(=O)O)c3c(=O)n(C)c(=O)n(C)c3n2)cc1. The second-order valence-corrected chi connectivity index (χ2v) is 7.41. The number of fused-ring (bicyclic) bond motifs is 1. The van der Waals surface area contributed by atoms with E-state index in [1.165, 1.54) is 25.6 Å². The van der Waals surface area contributed by atoms with E-state index in [4.69, 9.17) is 4.74 Å². The number of aromatic nitrogens is 4. The van der Waals surface area contributed by atoms with Crippen LogP contribution in [0.1, 0.15) is 6.92 Å². The highest BCUT2D eigenvalue weighted by Crippen LogP contribution is 2.29. The highest BCUT2D eigenvalue weighted by atomic mass is 32.2. The van der Waals surface area contributed by atoms with Crippen LogP contribution in [0.5, 0.6) is 5.75 Å². The molecule has 28 heavy (non-hydrogen) atoms. The molecule has 0 saturated heterocycles. The Morgan fingerprint density at radius 2 is 1.79 bits per heavy atom. The zero-order chi connectivity index (χ0) is 20.6. The van der Waals surface area contributed by atoms with Gasteiger partial charge >= 0.3 is 11.7 Å². The predicted molar refractivity (Wildman–Crippen MR) is 105 cm³/mol. The van der Waals surface area contributed by atoms with Crippen molar-refractivity contribution in [2.24, 2.45) is 14.1 Å². The van der Waals surface area contributed by atoms with Crippen molar-refractivity contribution in [3.05, 3.63) is 45.1 Å². The first-order valence-electron chi connectivity index (χ1n) is 8.26. The van der Waals surface area contributed by atoms with Gasteiger partial charge in [-0.3, -0.25) is 18.7 Å². The summed E-state index contributed by atoms with van der Waals surface area (Å²) in [4.78, 5) is 45.2. The fraction of sp³-hybridized carbons (Fsp3) is 0.278. The largest absolute Gasteiger partial charge is 0.497 e. The van der Waals surface area contributed by atoms with Crippen LogP contribution in [0, 0.1) is 0 Å². The Labute approximate surface area is 163 Å². The van der Waals surface area contributed by atoms with Crippen molar-refractivity contribution in [1.82, 2.24) is 19.1 Å². The molecular weight excluding hydrogens is 384 g/mol. The molecule has 10 heteroatoms. The van der Waals surface area contributed by atoms with E-state index in [9.17, 15) is 19.5 Å². The van der Waals surface area contributed by atoms with E-state index in [1.54, 1.807) is 31.4 Å². The number of nitrogens with zero attached hydrogens (tertiary/aromatic N) is 4. The molecule has 0 aliphatic rings. The van der Waals surface area contributed by atoms with Crippen molar-refractivity contribution in [3.8, 4) is 17.1 Å². The highest BCUT2D eigenvalue weighted by Gasteiger charge is 2.22. The van der Waals surface area contributed by atoms with Crippen molar-refractivity contribution in [2.45, 2.75) is 17.2 Å². The minimum atomic E-state index is -1.04. The average molecular weight is 402 g/mol. The third kappa shape index (κ3) is 3.38. The number of aryl methyl sites for hydroxylation is 1. The smallest absolute Gasteiger partial charge is 0.332 e. The number of hydrogen-bond acceptors (Lipinski definition) is 7. The Kier molecular flexibility index (Phi) is 5.23. The van der Waals surface area contributed by atoms with E-state index < -0.39 is 22.5 Å². The lowest BCUT2D eigenvalue weighted by Gasteiger charge is -2.13. The van der Waals surface area contributed by atoms with E-state index in [0.717, 1.165) is 16.3 Å². The molecule has 3 aromatic rings. The van der Waals surface area contributed by atoms with Crippen LogP contribution in [0.25, 0.3) is 22.4 Å². The number of ether oxygens (including phenoxy) is 1. The van der Waals surface area contributed by atoms with E-state index in [0.29, 0.717) is 11.3 Å². The number of methoxy groups -OCH3 is 1. The maximum Gasteiger partial charge on any atom is 0.332 e. The van der Waals surface area contributed by atoms with Gasteiger partial charge in [-0.15, -0.1) is 0 Å². The minimum Gasteiger partial charge on any atom is -0.497 e. The lowest BCUT2D eigenvalue weighted by atomic mass is 10.2. The summed E-state index contributed by atoms with van der Waals surface area (Å²) >= 11 is 0.931. The molecule has 0 unspecified atom stereocenters. The third-order valence-electron chi connectivity index (χ3n) is 4.25. The van der Waals surface area contributed by atoms with Crippen molar-refractivity contribution in [3.63, 3.8) is 0 Å². The summed E-state index contributed by atoms with van der Waals surface area (Å²) < 4.78 is 7.35. The van der Waals surface area contributed by atoms with Crippen LogP contribution < -0.4 is 16.0 Å². The van der Waals surface area contributed by atoms with Gasteiger partial charge in [-0.1, -0.05) is 11.8 Å². The second kappa shape index (κ2) is 7.47. The third-order valence-corrected chi connectivity index (χ3v) is 5.33. The summed E-state index contributed by atoms with van der Waals surface area (Å²) in [5.74, 6) is -0.109. The Balaban J connectivity index is 2.34. The molecule has 0 aliphatic carbocycles. The molecule has 9 nitrogen and oxygen atoms in total. The maximum absolute atomic E-state index is 12.7. The van der Waals surface area contributed by atoms with Gasteiger partial charge in [-0.2, -0.15) is 0 Å². The average Bonchev–Trinajstić information content (AvgIpc) is 2.70. The zero-order valence-electron chi connectivity index (χ0n) is 15.7. The molecule has 0 bridgehead atoms. The van der Waals surface area contributed by atoms with Crippen LogP contribution in [-0.4, -0.2) is 42.5 Å². The number of aliphatic carboxylic acids is 1. The van der Waals surface area contributed by atoms with Gasteiger partial charge in [-0.05, 0) is 31.2 Å². The molecule has 3 rings (SSSR count). The summed E-state index contributed by atoms with van der Waals surface area (Å²) in [5.41, 5.74) is -0.312. The van der Waals surface area contributed by atoms with Crippen LogP contribution in [-0.2, 0) is 18.9 Å². The topological polar surface area (TPSA) is 116 Å². The molecule has 0 aliphatic heterocycles. The molecule has 0 saturated carbocycles. The molecule has 2 heterocycles. The normalized spacial score (nSPS) is 12.1. The van der Waals surface area contributed by atoms with Crippen molar-refractivity contribution in [2.75, 3.05) is 7.11 Å². The molecule has 0 spiro atoms. The Bertz CT molecular complexity index is 1180. The number of carbonyl (C=O) groups is 1. The fourth-order valence-corrected chi connectivity index (χ4v) is 3.47. The number of carboxylic acids is 1. The second-order valence-electron chi connectivity index (χ2n) is 6.08. The maximum atomic E-state index is 12.7. The monoisotopic (exact) mass is 402 g/mol. The molecule has 0 fully saturated rings. The molecule has 1 atom stereocenters. The number of hydrogen-bond donors (Lipinski definition) is 1. The van der Waals surface area contributed by atoms with Gasteiger partial charge in [0.25, 0.3) is 5.56 Å². The molecule has 1 N–H and O–H groups in total. The summed E-state index contributed by atoms with van der Waals surface area (Å²) in [7, 11) is 4.41. The Morgan fingerprint density at radius 3 is 2.36 bits per heavy atom.